The van der Waals surface area contributed by atoms with E-state index in [-0.39, 0.29) is 11.8 Å². The van der Waals surface area contributed by atoms with Crippen LogP contribution in [-0.2, 0) is 14.3 Å². The monoisotopic (exact) mass is 377 g/mol. The van der Waals surface area contributed by atoms with Gasteiger partial charge in [0.05, 0.1) is 19.1 Å². The van der Waals surface area contributed by atoms with Crippen molar-refractivity contribution in [3.05, 3.63) is 12.1 Å². The van der Waals surface area contributed by atoms with Crippen LogP contribution in [-0.4, -0.2) is 75.3 Å². The lowest BCUT2D eigenvalue weighted by Crippen LogP contribution is -2.43. The molecule has 1 N–H and O–H groups in total. The van der Waals surface area contributed by atoms with E-state index < -0.39 is 0 Å². The van der Waals surface area contributed by atoms with Gasteiger partial charge in [0.2, 0.25) is 5.91 Å². The molecule has 3 rings (SSSR count). The van der Waals surface area contributed by atoms with Gasteiger partial charge in [-0.1, -0.05) is 0 Å². The number of hydrogen-bond acceptors (Lipinski definition) is 7. The molecule has 2 saturated heterocycles. The number of hydrogen-bond donors (Lipinski definition) is 1. The van der Waals surface area contributed by atoms with Crippen LogP contribution in [0.4, 0.5) is 11.6 Å². The summed E-state index contributed by atoms with van der Waals surface area (Å²) in [5.74, 6) is 1.88. The zero-order valence-electron chi connectivity index (χ0n) is 16.2. The van der Waals surface area contributed by atoms with Crippen molar-refractivity contribution in [1.82, 2.24) is 15.5 Å². The molecule has 8 heteroatoms. The van der Waals surface area contributed by atoms with Crippen molar-refractivity contribution in [1.29, 1.82) is 0 Å². The highest BCUT2D eigenvalue weighted by Gasteiger charge is 2.26. The Morgan fingerprint density at radius 3 is 2.67 bits per heavy atom. The van der Waals surface area contributed by atoms with Gasteiger partial charge < -0.3 is 24.6 Å². The van der Waals surface area contributed by atoms with Crippen LogP contribution < -0.4 is 15.1 Å². The first-order valence-corrected chi connectivity index (χ1v) is 10.0. The predicted octanol–water partition coefficient (Wildman–Crippen LogP) is 1.07. The molecule has 1 aromatic rings. The van der Waals surface area contributed by atoms with Gasteiger partial charge in [-0.25, -0.2) is 0 Å². The first kappa shape index (κ1) is 19.8. The smallest absolute Gasteiger partial charge is 0.224 e. The first-order chi connectivity index (χ1) is 13.3. The van der Waals surface area contributed by atoms with Crippen LogP contribution in [0.2, 0.25) is 0 Å². The van der Waals surface area contributed by atoms with Gasteiger partial charge in [-0.15, -0.1) is 10.2 Å². The zero-order chi connectivity index (χ0) is 18.9. The average Bonchev–Trinajstić information content (AvgIpc) is 2.74. The molecule has 1 unspecified atom stereocenters. The molecule has 8 nitrogen and oxygen atoms in total. The van der Waals surface area contributed by atoms with Crippen LogP contribution in [0.15, 0.2) is 12.1 Å². The van der Waals surface area contributed by atoms with E-state index in [0.29, 0.717) is 19.7 Å². The number of ether oxygens (including phenoxy) is 2. The van der Waals surface area contributed by atoms with Crippen molar-refractivity contribution < 1.29 is 14.3 Å². The molecule has 2 fully saturated rings. The summed E-state index contributed by atoms with van der Waals surface area (Å²) in [5.41, 5.74) is 0. The summed E-state index contributed by atoms with van der Waals surface area (Å²) in [7, 11) is 0. The summed E-state index contributed by atoms with van der Waals surface area (Å²) in [6.07, 6.45) is 2.77. The summed E-state index contributed by atoms with van der Waals surface area (Å²) in [5, 5.41) is 11.8. The molecule has 0 spiro atoms. The van der Waals surface area contributed by atoms with Crippen LogP contribution in [0, 0.1) is 5.92 Å². The van der Waals surface area contributed by atoms with Crippen molar-refractivity contribution in [2.24, 2.45) is 5.92 Å². The quantitative estimate of drug-likeness (QED) is 0.679. The fourth-order valence-corrected chi connectivity index (χ4v) is 3.52. The number of piperidine rings is 1. The normalized spacial score (nSPS) is 20.6. The SMILES string of the molecule is CCOCCCNC(=O)C1CCCN(c2ccc(N3CCOCC3)nn2)C1. The lowest BCUT2D eigenvalue weighted by molar-refractivity contribution is -0.125. The highest BCUT2D eigenvalue weighted by atomic mass is 16.5. The van der Waals surface area contributed by atoms with Crippen LogP contribution >= 0.6 is 0 Å². The third kappa shape index (κ3) is 5.77. The molecule has 2 aliphatic rings. The summed E-state index contributed by atoms with van der Waals surface area (Å²) >= 11 is 0. The fourth-order valence-electron chi connectivity index (χ4n) is 3.52. The number of rotatable bonds is 8. The molecule has 0 bridgehead atoms. The van der Waals surface area contributed by atoms with E-state index in [4.69, 9.17) is 9.47 Å². The Bertz CT molecular complexity index is 577. The van der Waals surface area contributed by atoms with E-state index in [0.717, 1.165) is 70.4 Å². The minimum Gasteiger partial charge on any atom is -0.382 e. The molecule has 1 atom stereocenters. The predicted molar refractivity (Wildman–Crippen MR) is 104 cm³/mol. The molecule has 0 aromatic carbocycles. The van der Waals surface area contributed by atoms with Gasteiger partial charge in [0.25, 0.3) is 0 Å². The Kier molecular flexibility index (Phi) is 7.65. The van der Waals surface area contributed by atoms with E-state index in [1.165, 1.54) is 0 Å². The van der Waals surface area contributed by atoms with Gasteiger partial charge in [0.1, 0.15) is 0 Å². The zero-order valence-corrected chi connectivity index (χ0v) is 16.2. The largest absolute Gasteiger partial charge is 0.382 e. The highest BCUT2D eigenvalue weighted by Crippen LogP contribution is 2.23. The minimum absolute atomic E-state index is 0.00608. The van der Waals surface area contributed by atoms with Crippen molar-refractivity contribution >= 4 is 17.5 Å². The Morgan fingerprint density at radius 2 is 1.96 bits per heavy atom. The molecular formula is C19H31N5O3. The lowest BCUT2D eigenvalue weighted by Gasteiger charge is -2.33. The second-order valence-corrected chi connectivity index (χ2v) is 6.98. The van der Waals surface area contributed by atoms with Crippen molar-refractivity contribution in [2.45, 2.75) is 26.2 Å². The Balaban J connectivity index is 1.49. The molecule has 0 aliphatic carbocycles. The summed E-state index contributed by atoms with van der Waals surface area (Å²) < 4.78 is 10.7. The number of amides is 1. The van der Waals surface area contributed by atoms with E-state index in [1.807, 2.05) is 19.1 Å². The summed E-state index contributed by atoms with van der Waals surface area (Å²) in [6.45, 7) is 8.84. The summed E-state index contributed by atoms with van der Waals surface area (Å²) in [6, 6.07) is 4.03. The van der Waals surface area contributed by atoms with Crippen molar-refractivity contribution in [3.63, 3.8) is 0 Å². The average molecular weight is 377 g/mol. The molecule has 150 valence electrons. The third-order valence-electron chi connectivity index (χ3n) is 5.06. The maximum atomic E-state index is 12.4. The lowest BCUT2D eigenvalue weighted by atomic mass is 9.97. The van der Waals surface area contributed by atoms with Gasteiger partial charge in [-0.2, -0.15) is 0 Å². The topological polar surface area (TPSA) is 79.8 Å². The van der Waals surface area contributed by atoms with Crippen LogP contribution in [0.5, 0.6) is 0 Å². The van der Waals surface area contributed by atoms with Crippen LogP contribution in [0.3, 0.4) is 0 Å². The number of nitrogens with one attached hydrogen (secondary N) is 1. The standard InChI is InChI=1S/C19H31N5O3/c1-2-26-12-4-8-20-19(25)16-5-3-9-24(15-16)18-7-6-17(21-22-18)23-10-13-27-14-11-23/h6-7,16H,2-5,8-15H2,1H3,(H,20,25). The molecule has 1 aromatic heterocycles. The third-order valence-corrected chi connectivity index (χ3v) is 5.06. The highest BCUT2D eigenvalue weighted by molar-refractivity contribution is 5.79. The second-order valence-electron chi connectivity index (χ2n) is 6.98. The van der Waals surface area contributed by atoms with Crippen LogP contribution in [0.25, 0.3) is 0 Å². The molecule has 2 aliphatic heterocycles. The van der Waals surface area contributed by atoms with E-state index in [9.17, 15) is 4.79 Å². The molecule has 0 saturated carbocycles. The van der Waals surface area contributed by atoms with E-state index in [2.05, 4.69) is 25.3 Å². The molecule has 1 amide bonds. The van der Waals surface area contributed by atoms with E-state index in [1.54, 1.807) is 0 Å². The van der Waals surface area contributed by atoms with Crippen LogP contribution in [0.1, 0.15) is 26.2 Å². The second kappa shape index (κ2) is 10.4. The summed E-state index contributed by atoms with van der Waals surface area (Å²) in [4.78, 5) is 16.8. The Labute approximate surface area is 161 Å². The number of nitrogens with zero attached hydrogens (tertiary/aromatic N) is 4. The molecular weight excluding hydrogens is 346 g/mol. The fraction of sp³-hybridized carbons (Fsp3) is 0.737. The maximum Gasteiger partial charge on any atom is 0.224 e. The number of carbonyl (C=O) groups is 1. The number of aromatic nitrogens is 2. The number of anilines is 2. The minimum atomic E-state index is 0.00608. The van der Waals surface area contributed by atoms with Gasteiger partial charge in [-0.3, -0.25) is 4.79 Å². The number of carbonyl (C=O) groups excluding carboxylic acids is 1. The molecule has 3 heterocycles. The van der Waals surface area contributed by atoms with Crippen molar-refractivity contribution in [3.8, 4) is 0 Å². The molecule has 0 radical (unpaired) electrons. The van der Waals surface area contributed by atoms with Gasteiger partial charge >= 0.3 is 0 Å². The van der Waals surface area contributed by atoms with Gasteiger partial charge in [0.15, 0.2) is 11.6 Å². The van der Waals surface area contributed by atoms with Gasteiger partial charge in [0, 0.05) is 45.9 Å². The first-order valence-electron chi connectivity index (χ1n) is 10.0. The molecule has 27 heavy (non-hydrogen) atoms. The van der Waals surface area contributed by atoms with Crippen molar-refractivity contribution in [2.75, 3.05) is 69.0 Å². The van der Waals surface area contributed by atoms with E-state index >= 15 is 0 Å². The maximum absolute atomic E-state index is 12.4. The Morgan fingerprint density at radius 1 is 1.22 bits per heavy atom. The van der Waals surface area contributed by atoms with Gasteiger partial charge in [-0.05, 0) is 38.3 Å². The Hall–Kier alpha value is -1.93. The number of morpholine rings is 1.